The quantitative estimate of drug-likeness (QED) is 0.911. The molecule has 0 amide bonds. The standard InChI is InChI=1S/C11H12ClN3S/c1-13-8-3-4-10(9(12)7-8)16-11-14-5-6-15(11)2/h3-7,13H,1-2H3. The first-order valence-corrected chi connectivity index (χ1v) is 6.02. The molecule has 5 heteroatoms. The molecule has 0 spiro atoms. The van der Waals surface area contributed by atoms with E-state index < -0.39 is 0 Å². The van der Waals surface area contributed by atoms with E-state index in [1.54, 1.807) is 18.0 Å². The lowest BCUT2D eigenvalue weighted by atomic mass is 10.3. The fourth-order valence-corrected chi connectivity index (χ4v) is 2.39. The molecule has 0 atom stereocenters. The molecule has 0 aliphatic rings. The summed E-state index contributed by atoms with van der Waals surface area (Å²) in [5.74, 6) is 0. The second kappa shape index (κ2) is 4.80. The summed E-state index contributed by atoms with van der Waals surface area (Å²) in [6, 6.07) is 5.90. The first-order valence-electron chi connectivity index (χ1n) is 4.83. The number of anilines is 1. The SMILES string of the molecule is CNc1ccc(Sc2nccn2C)c(Cl)c1. The number of hydrogen-bond donors (Lipinski definition) is 1. The maximum Gasteiger partial charge on any atom is 0.172 e. The summed E-state index contributed by atoms with van der Waals surface area (Å²) < 4.78 is 1.97. The van der Waals surface area contributed by atoms with Gasteiger partial charge in [0.2, 0.25) is 0 Å². The van der Waals surface area contributed by atoms with Crippen LogP contribution in [0.3, 0.4) is 0 Å². The number of nitrogens with one attached hydrogen (secondary N) is 1. The molecule has 0 saturated heterocycles. The lowest BCUT2D eigenvalue weighted by molar-refractivity contribution is 0.790. The molecule has 0 bridgehead atoms. The van der Waals surface area contributed by atoms with Crippen molar-refractivity contribution in [2.24, 2.45) is 7.05 Å². The van der Waals surface area contributed by atoms with Crippen molar-refractivity contribution in [1.29, 1.82) is 0 Å². The van der Waals surface area contributed by atoms with Crippen molar-refractivity contribution >= 4 is 29.1 Å². The minimum absolute atomic E-state index is 0.736. The van der Waals surface area contributed by atoms with E-state index in [4.69, 9.17) is 11.6 Å². The minimum atomic E-state index is 0.736. The normalized spacial score (nSPS) is 10.4. The lowest BCUT2D eigenvalue weighted by Crippen LogP contribution is -1.90. The first-order chi connectivity index (χ1) is 7.70. The zero-order valence-electron chi connectivity index (χ0n) is 9.07. The van der Waals surface area contributed by atoms with Crippen LogP contribution >= 0.6 is 23.4 Å². The molecule has 2 aromatic rings. The van der Waals surface area contributed by atoms with Crippen LogP contribution in [0.25, 0.3) is 0 Å². The first kappa shape index (κ1) is 11.4. The van der Waals surface area contributed by atoms with Gasteiger partial charge in [-0.3, -0.25) is 0 Å². The van der Waals surface area contributed by atoms with Crippen LogP contribution in [-0.4, -0.2) is 16.6 Å². The number of benzene rings is 1. The van der Waals surface area contributed by atoms with E-state index in [1.807, 2.05) is 43.1 Å². The maximum absolute atomic E-state index is 6.18. The van der Waals surface area contributed by atoms with Crippen LogP contribution in [0, 0.1) is 0 Å². The Labute approximate surface area is 104 Å². The van der Waals surface area contributed by atoms with Gasteiger partial charge in [-0.05, 0) is 18.2 Å². The van der Waals surface area contributed by atoms with Crippen molar-refractivity contribution in [3.63, 3.8) is 0 Å². The molecule has 0 fully saturated rings. The molecule has 16 heavy (non-hydrogen) atoms. The molecule has 0 aliphatic carbocycles. The fraction of sp³-hybridized carbons (Fsp3) is 0.182. The molecule has 84 valence electrons. The van der Waals surface area contributed by atoms with E-state index in [1.165, 1.54) is 0 Å². The van der Waals surface area contributed by atoms with Crippen molar-refractivity contribution in [3.8, 4) is 0 Å². The van der Waals surface area contributed by atoms with Crippen molar-refractivity contribution in [2.75, 3.05) is 12.4 Å². The Bertz CT molecular complexity index is 496. The van der Waals surface area contributed by atoms with Crippen LogP contribution in [0.4, 0.5) is 5.69 Å². The highest BCUT2D eigenvalue weighted by atomic mass is 35.5. The number of imidazole rings is 1. The maximum atomic E-state index is 6.18. The Kier molecular flexibility index (Phi) is 3.41. The van der Waals surface area contributed by atoms with Gasteiger partial charge in [-0.1, -0.05) is 23.4 Å². The molecule has 1 N–H and O–H groups in total. The fourth-order valence-electron chi connectivity index (χ4n) is 1.29. The van der Waals surface area contributed by atoms with Gasteiger partial charge in [0.1, 0.15) is 0 Å². The molecule has 1 aromatic carbocycles. The van der Waals surface area contributed by atoms with Crippen molar-refractivity contribution < 1.29 is 0 Å². The predicted molar refractivity (Wildman–Crippen MR) is 68.3 cm³/mol. The highest BCUT2D eigenvalue weighted by Gasteiger charge is 2.06. The van der Waals surface area contributed by atoms with E-state index in [-0.39, 0.29) is 0 Å². The Morgan fingerprint density at radius 3 is 2.81 bits per heavy atom. The van der Waals surface area contributed by atoms with Crippen LogP contribution in [-0.2, 0) is 7.05 Å². The molecule has 0 saturated carbocycles. The molecule has 1 aromatic heterocycles. The van der Waals surface area contributed by atoms with E-state index in [0.717, 1.165) is 20.8 Å². The summed E-state index contributed by atoms with van der Waals surface area (Å²) in [6.07, 6.45) is 3.69. The van der Waals surface area contributed by atoms with E-state index in [0.29, 0.717) is 0 Å². The van der Waals surface area contributed by atoms with Gasteiger partial charge in [0.05, 0.1) is 5.02 Å². The largest absolute Gasteiger partial charge is 0.388 e. The average molecular weight is 254 g/mol. The molecule has 2 rings (SSSR count). The average Bonchev–Trinajstić information content (AvgIpc) is 2.67. The molecule has 1 heterocycles. The Balaban J connectivity index is 2.25. The number of halogens is 1. The molecule has 0 radical (unpaired) electrons. The van der Waals surface area contributed by atoms with Crippen LogP contribution in [0.2, 0.25) is 5.02 Å². The predicted octanol–water partition coefficient (Wildman–Crippen LogP) is 3.27. The second-order valence-electron chi connectivity index (χ2n) is 3.32. The number of aromatic nitrogens is 2. The van der Waals surface area contributed by atoms with Crippen LogP contribution in [0.1, 0.15) is 0 Å². The number of rotatable bonds is 3. The van der Waals surface area contributed by atoms with E-state index in [2.05, 4.69) is 10.3 Å². The Hall–Kier alpha value is -1.13. The Morgan fingerprint density at radius 1 is 1.44 bits per heavy atom. The topological polar surface area (TPSA) is 29.9 Å². The van der Waals surface area contributed by atoms with Gasteiger partial charge in [0.25, 0.3) is 0 Å². The number of aryl methyl sites for hydroxylation is 1. The third-order valence-electron chi connectivity index (χ3n) is 2.20. The van der Waals surface area contributed by atoms with Crippen LogP contribution in [0.5, 0.6) is 0 Å². The highest BCUT2D eigenvalue weighted by molar-refractivity contribution is 7.99. The van der Waals surface area contributed by atoms with Gasteiger partial charge in [-0.25, -0.2) is 4.98 Å². The molecule has 0 aliphatic heterocycles. The molecule has 3 nitrogen and oxygen atoms in total. The van der Waals surface area contributed by atoms with Crippen LogP contribution in [0.15, 0.2) is 40.6 Å². The summed E-state index contributed by atoms with van der Waals surface area (Å²) in [5, 5.41) is 4.72. The van der Waals surface area contributed by atoms with Crippen molar-refractivity contribution in [3.05, 3.63) is 35.6 Å². The summed E-state index contributed by atoms with van der Waals surface area (Å²) in [7, 11) is 3.84. The van der Waals surface area contributed by atoms with Gasteiger partial charge >= 0.3 is 0 Å². The van der Waals surface area contributed by atoms with Gasteiger partial charge in [0, 0.05) is 37.1 Å². The lowest BCUT2D eigenvalue weighted by Gasteiger charge is -2.06. The highest BCUT2D eigenvalue weighted by Crippen LogP contribution is 2.33. The van der Waals surface area contributed by atoms with E-state index in [9.17, 15) is 0 Å². The zero-order chi connectivity index (χ0) is 11.5. The summed E-state index contributed by atoms with van der Waals surface area (Å²) in [6.45, 7) is 0. The van der Waals surface area contributed by atoms with E-state index >= 15 is 0 Å². The van der Waals surface area contributed by atoms with Crippen molar-refractivity contribution in [1.82, 2.24) is 9.55 Å². The molecular formula is C11H12ClN3S. The van der Waals surface area contributed by atoms with Gasteiger partial charge in [-0.2, -0.15) is 0 Å². The molecule has 0 unspecified atom stereocenters. The van der Waals surface area contributed by atoms with Gasteiger partial charge in [0.15, 0.2) is 5.16 Å². The second-order valence-corrected chi connectivity index (χ2v) is 4.73. The van der Waals surface area contributed by atoms with Crippen LogP contribution < -0.4 is 5.32 Å². The number of hydrogen-bond acceptors (Lipinski definition) is 3. The monoisotopic (exact) mass is 253 g/mol. The smallest absolute Gasteiger partial charge is 0.172 e. The number of nitrogens with zero attached hydrogens (tertiary/aromatic N) is 2. The third-order valence-corrected chi connectivity index (χ3v) is 3.78. The summed E-state index contributed by atoms with van der Waals surface area (Å²) in [4.78, 5) is 5.26. The third kappa shape index (κ3) is 2.33. The molecular weight excluding hydrogens is 242 g/mol. The van der Waals surface area contributed by atoms with Gasteiger partial charge < -0.3 is 9.88 Å². The summed E-state index contributed by atoms with van der Waals surface area (Å²) in [5.41, 5.74) is 1.01. The van der Waals surface area contributed by atoms with Crippen molar-refractivity contribution in [2.45, 2.75) is 10.1 Å². The van der Waals surface area contributed by atoms with Gasteiger partial charge in [-0.15, -0.1) is 0 Å². The Morgan fingerprint density at radius 2 is 2.25 bits per heavy atom. The summed E-state index contributed by atoms with van der Waals surface area (Å²) >= 11 is 7.74. The minimum Gasteiger partial charge on any atom is -0.388 e. The zero-order valence-corrected chi connectivity index (χ0v) is 10.6.